The Hall–Kier alpha value is -3.03. The third kappa shape index (κ3) is 3.51. The van der Waals surface area contributed by atoms with E-state index in [1.807, 2.05) is 36.5 Å². The number of hydrogen-bond donors (Lipinski definition) is 3. The number of nitrogens with zero attached hydrogens (tertiary/aromatic N) is 2. The molecular formula is C23H25N5O2. The summed E-state index contributed by atoms with van der Waals surface area (Å²) in [5, 5.41) is 1.04. The summed E-state index contributed by atoms with van der Waals surface area (Å²) < 4.78 is 6.17. The van der Waals surface area contributed by atoms with E-state index in [9.17, 15) is 4.79 Å². The van der Waals surface area contributed by atoms with Crippen molar-refractivity contribution in [2.24, 2.45) is 17.6 Å². The number of amides is 1. The molecule has 5 rings (SSSR count). The lowest BCUT2D eigenvalue weighted by atomic mass is 9.68. The van der Waals surface area contributed by atoms with Crippen molar-refractivity contribution < 1.29 is 9.53 Å². The maximum atomic E-state index is 12.2. The van der Waals surface area contributed by atoms with E-state index < -0.39 is 0 Å². The Labute approximate surface area is 175 Å². The molecule has 4 atom stereocenters. The van der Waals surface area contributed by atoms with Crippen LogP contribution in [-0.4, -0.2) is 28.5 Å². The molecule has 1 saturated carbocycles. The number of aromatic nitrogens is 2. The van der Waals surface area contributed by atoms with E-state index in [0.717, 1.165) is 35.7 Å². The van der Waals surface area contributed by atoms with E-state index in [0.29, 0.717) is 24.0 Å². The Morgan fingerprint density at radius 3 is 2.97 bits per heavy atom. The standard InChI is InChI=1S/C23H25N5O2/c24-11-20-19-10-15(6-7-18(19)23(29)28-27-20)16-9-17(13-25-12-16)30-21-5-1-3-14-4-2-8-26-22(14)21/h1-5,8-9,12-13,15,18-20,27H,6-7,10-11,24H2,(H,28,29). The molecule has 1 aliphatic carbocycles. The molecule has 0 spiro atoms. The van der Waals surface area contributed by atoms with Gasteiger partial charge in [-0.2, -0.15) is 0 Å². The number of pyridine rings is 2. The van der Waals surface area contributed by atoms with Crippen molar-refractivity contribution in [1.82, 2.24) is 20.8 Å². The summed E-state index contributed by atoms with van der Waals surface area (Å²) in [4.78, 5) is 21.1. The predicted molar refractivity (Wildman–Crippen MR) is 114 cm³/mol. The van der Waals surface area contributed by atoms with Crippen LogP contribution in [0.5, 0.6) is 11.5 Å². The number of rotatable bonds is 4. The van der Waals surface area contributed by atoms with Crippen molar-refractivity contribution in [1.29, 1.82) is 0 Å². The molecule has 0 radical (unpaired) electrons. The normalized spacial score (nSPS) is 26.1. The van der Waals surface area contributed by atoms with Gasteiger partial charge in [0.1, 0.15) is 11.3 Å². The van der Waals surface area contributed by atoms with Gasteiger partial charge in [0.15, 0.2) is 5.75 Å². The fourth-order valence-corrected chi connectivity index (χ4v) is 4.88. The molecule has 2 aliphatic rings. The average molecular weight is 403 g/mol. The highest BCUT2D eigenvalue weighted by Gasteiger charge is 2.42. The Morgan fingerprint density at radius 1 is 1.17 bits per heavy atom. The number of nitrogens with two attached hydrogens (primary N) is 1. The first kappa shape index (κ1) is 19.0. The molecule has 0 bridgehead atoms. The second kappa shape index (κ2) is 8.01. The number of nitrogens with one attached hydrogen (secondary N) is 2. The fraction of sp³-hybridized carbons (Fsp3) is 0.348. The predicted octanol–water partition coefficient (Wildman–Crippen LogP) is 2.88. The molecule has 30 heavy (non-hydrogen) atoms. The number of hydrogen-bond acceptors (Lipinski definition) is 6. The Bertz CT molecular complexity index is 1070. The summed E-state index contributed by atoms with van der Waals surface area (Å²) >= 11 is 0. The van der Waals surface area contributed by atoms with Crippen LogP contribution in [-0.2, 0) is 4.79 Å². The van der Waals surface area contributed by atoms with Gasteiger partial charge in [0.25, 0.3) is 0 Å². The maximum Gasteiger partial charge on any atom is 0.237 e. The van der Waals surface area contributed by atoms with Crippen molar-refractivity contribution in [3.8, 4) is 11.5 Å². The van der Waals surface area contributed by atoms with E-state index in [-0.39, 0.29) is 23.8 Å². The van der Waals surface area contributed by atoms with Crippen molar-refractivity contribution in [3.63, 3.8) is 0 Å². The molecule has 1 amide bonds. The Kier molecular flexibility index (Phi) is 5.06. The van der Waals surface area contributed by atoms with Gasteiger partial charge < -0.3 is 10.5 Å². The first-order chi connectivity index (χ1) is 14.7. The highest BCUT2D eigenvalue weighted by atomic mass is 16.5. The zero-order chi connectivity index (χ0) is 20.5. The van der Waals surface area contributed by atoms with Crippen LogP contribution in [0.4, 0.5) is 0 Å². The molecule has 2 aromatic heterocycles. The fourth-order valence-electron chi connectivity index (χ4n) is 4.88. The first-order valence-corrected chi connectivity index (χ1v) is 10.4. The molecule has 1 saturated heterocycles. The summed E-state index contributed by atoms with van der Waals surface area (Å²) in [6, 6.07) is 12.0. The molecule has 2 fully saturated rings. The molecule has 1 aromatic carbocycles. The quantitative estimate of drug-likeness (QED) is 0.619. The minimum Gasteiger partial charge on any atom is -0.453 e. The lowest BCUT2D eigenvalue weighted by Gasteiger charge is -2.43. The highest BCUT2D eigenvalue weighted by molar-refractivity contribution is 5.84. The zero-order valence-corrected chi connectivity index (χ0v) is 16.6. The summed E-state index contributed by atoms with van der Waals surface area (Å²) in [5.41, 5.74) is 13.8. The SMILES string of the molecule is NCC1NNC(=O)C2CCC(c3cncc(Oc4cccc5cccnc45)c3)CC12. The molecule has 4 N–H and O–H groups in total. The van der Waals surface area contributed by atoms with E-state index in [2.05, 4.69) is 26.9 Å². The molecule has 7 heteroatoms. The maximum absolute atomic E-state index is 12.2. The van der Waals surface area contributed by atoms with E-state index in [1.54, 1.807) is 12.4 Å². The number of hydrazine groups is 1. The van der Waals surface area contributed by atoms with Crippen LogP contribution in [0.1, 0.15) is 30.7 Å². The smallest absolute Gasteiger partial charge is 0.237 e. The van der Waals surface area contributed by atoms with Gasteiger partial charge in [-0.1, -0.05) is 18.2 Å². The number of para-hydroxylation sites is 1. The van der Waals surface area contributed by atoms with Gasteiger partial charge in [0.2, 0.25) is 5.91 Å². The number of benzene rings is 1. The van der Waals surface area contributed by atoms with Gasteiger partial charge in [-0.05, 0) is 54.9 Å². The number of carbonyl (C=O) groups is 1. The number of ether oxygens (including phenoxy) is 1. The minimum absolute atomic E-state index is 0.0326. The topological polar surface area (TPSA) is 102 Å². The molecular weight excluding hydrogens is 378 g/mol. The van der Waals surface area contributed by atoms with Crippen LogP contribution in [0.2, 0.25) is 0 Å². The number of fused-ring (bicyclic) bond motifs is 2. The zero-order valence-electron chi connectivity index (χ0n) is 16.6. The molecule has 3 aromatic rings. The second-order valence-corrected chi connectivity index (χ2v) is 8.14. The summed E-state index contributed by atoms with van der Waals surface area (Å²) in [6.45, 7) is 0.504. The van der Waals surface area contributed by atoms with Crippen LogP contribution >= 0.6 is 0 Å². The summed E-state index contributed by atoms with van der Waals surface area (Å²) in [7, 11) is 0. The van der Waals surface area contributed by atoms with Crippen molar-refractivity contribution in [2.75, 3.05) is 6.54 Å². The van der Waals surface area contributed by atoms with Gasteiger partial charge in [0.05, 0.1) is 6.20 Å². The van der Waals surface area contributed by atoms with Crippen molar-refractivity contribution >= 4 is 16.8 Å². The summed E-state index contributed by atoms with van der Waals surface area (Å²) in [6.07, 6.45) is 8.13. The monoisotopic (exact) mass is 403 g/mol. The largest absolute Gasteiger partial charge is 0.453 e. The third-order valence-corrected chi connectivity index (χ3v) is 6.42. The molecule has 1 aliphatic heterocycles. The third-order valence-electron chi connectivity index (χ3n) is 6.42. The average Bonchev–Trinajstić information content (AvgIpc) is 2.80. The van der Waals surface area contributed by atoms with E-state index >= 15 is 0 Å². The molecule has 3 heterocycles. The second-order valence-electron chi connectivity index (χ2n) is 8.14. The van der Waals surface area contributed by atoms with Crippen LogP contribution < -0.4 is 21.3 Å². The van der Waals surface area contributed by atoms with Crippen molar-refractivity contribution in [2.45, 2.75) is 31.2 Å². The Balaban J connectivity index is 1.38. The van der Waals surface area contributed by atoms with Crippen LogP contribution in [0, 0.1) is 11.8 Å². The molecule has 154 valence electrons. The van der Waals surface area contributed by atoms with Crippen LogP contribution in [0.25, 0.3) is 10.9 Å². The first-order valence-electron chi connectivity index (χ1n) is 10.4. The molecule has 4 unspecified atom stereocenters. The summed E-state index contributed by atoms with van der Waals surface area (Å²) in [5.74, 6) is 2.09. The van der Waals surface area contributed by atoms with Crippen LogP contribution in [0.15, 0.2) is 55.0 Å². The van der Waals surface area contributed by atoms with Gasteiger partial charge >= 0.3 is 0 Å². The Morgan fingerprint density at radius 2 is 2.07 bits per heavy atom. The van der Waals surface area contributed by atoms with Gasteiger partial charge in [-0.25, -0.2) is 5.43 Å². The van der Waals surface area contributed by atoms with Gasteiger partial charge in [0, 0.05) is 36.3 Å². The lowest BCUT2D eigenvalue weighted by molar-refractivity contribution is -0.133. The van der Waals surface area contributed by atoms with Crippen LogP contribution in [0.3, 0.4) is 0 Å². The number of carbonyl (C=O) groups excluding carboxylic acids is 1. The van der Waals surface area contributed by atoms with Crippen molar-refractivity contribution in [3.05, 3.63) is 60.6 Å². The highest BCUT2D eigenvalue weighted by Crippen LogP contribution is 2.42. The van der Waals surface area contributed by atoms with Gasteiger partial charge in [-0.15, -0.1) is 0 Å². The van der Waals surface area contributed by atoms with E-state index in [4.69, 9.17) is 10.5 Å². The van der Waals surface area contributed by atoms with E-state index in [1.165, 1.54) is 0 Å². The molecule has 7 nitrogen and oxygen atoms in total. The minimum atomic E-state index is 0.0326. The van der Waals surface area contributed by atoms with Gasteiger partial charge in [-0.3, -0.25) is 20.2 Å². The lowest BCUT2D eigenvalue weighted by Crippen LogP contribution is -2.62.